The van der Waals surface area contributed by atoms with Gasteiger partial charge in [-0.15, -0.1) is 11.3 Å². The van der Waals surface area contributed by atoms with Crippen LogP contribution in [0.15, 0.2) is 61.1 Å². The molecule has 33 heavy (non-hydrogen) atoms. The highest BCUT2D eigenvalue weighted by molar-refractivity contribution is 7.14. The fourth-order valence-electron chi connectivity index (χ4n) is 4.04. The zero-order chi connectivity index (χ0) is 22.9. The lowest BCUT2D eigenvalue weighted by atomic mass is 10.1. The summed E-state index contributed by atoms with van der Waals surface area (Å²) in [6.07, 6.45) is 6.20. The molecule has 4 aromatic rings. The number of carbonyl (C=O) groups excluding carboxylic acids is 2. The number of hydrogen-bond acceptors (Lipinski definition) is 4. The van der Waals surface area contributed by atoms with Crippen molar-refractivity contribution in [2.75, 3.05) is 13.1 Å². The molecule has 0 radical (unpaired) electrons. The number of nitrogens with one attached hydrogen (secondary N) is 1. The molecule has 4 heterocycles. The summed E-state index contributed by atoms with van der Waals surface area (Å²) in [4.78, 5) is 32.7. The quantitative estimate of drug-likeness (QED) is 0.479. The van der Waals surface area contributed by atoms with Crippen LogP contribution in [0.3, 0.4) is 0 Å². The minimum Gasteiger partial charge on any atom is -0.347 e. The van der Waals surface area contributed by atoms with E-state index in [4.69, 9.17) is 0 Å². The van der Waals surface area contributed by atoms with Crippen LogP contribution >= 0.6 is 11.3 Å². The molecule has 168 valence electrons. The molecular formula is C24H20F2N4O2S. The van der Waals surface area contributed by atoms with E-state index in [0.717, 1.165) is 34.6 Å². The van der Waals surface area contributed by atoms with Crippen molar-refractivity contribution >= 4 is 28.8 Å². The summed E-state index contributed by atoms with van der Waals surface area (Å²) in [5.74, 6) is -2.10. The average Bonchev–Trinajstić information content (AvgIpc) is 3.57. The molecule has 2 amide bonds. The second-order valence-electron chi connectivity index (χ2n) is 7.97. The van der Waals surface area contributed by atoms with Gasteiger partial charge in [0.15, 0.2) is 0 Å². The topological polar surface area (TPSA) is 66.7 Å². The summed E-state index contributed by atoms with van der Waals surface area (Å²) in [5, 5.41) is 2.93. The first-order valence-electron chi connectivity index (χ1n) is 10.5. The highest BCUT2D eigenvalue weighted by Crippen LogP contribution is 2.33. The standard InChI is InChI=1S/C24H20F2N4O2S/c25-17-1-2-18(19(26)12-17)24(32)30-9-6-16(14-30)20-3-4-21(33-20)23(31)28-13-15-5-8-29-10-7-27-22(29)11-15/h1-5,7-8,10-12,16H,6,9,13-14H2,(H,28,31). The van der Waals surface area contributed by atoms with Crippen molar-refractivity contribution in [2.45, 2.75) is 18.9 Å². The van der Waals surface area contributed by atoms with Gasteiger partial charge >= 0.3 is 0 Å². The number of thiophene rings is 1. The fraction of sp³-hybridized carbons (Fsp3) is 0.208. The first-order chi connectivity index (χ1) is 16.0. The van der Waals surface area contributed by atoms with Crippen molar-refractivity contribution in [3.63, 3.8) is 0 Å². The van der Waals surface area contributed by atoms with E-state index in [1.165, 1.54) is 17.4 Å². The van der Waals surface area contributed by atoms with E-state index in [1.807, 2.05) is 35.0 Å². The number of carbonyl (C=O) groups is 2. The number of nitrogens with zero attached hydrogens (tertiary/aromatic N) is 3. The lowest BCUT2D eigenvalue weighted by Gasteiger charge is -2.16. The molecule has 0 spiro atoms. The van der Waals surface area contributed by atoms with Crippen molar-refractivity contribution < 1.29 is 18.4 Å². The molecule has 1 N–H and O–H groups in total. The summed E-state index contributed by atoms with van der Waals surface area (Å²) >= 11 is 1.40. The number of rotatable bonds is 5. The van der Waals surface area contributed by atoms with Gasteiger partial charge in [-0.3, -0.25) is 9.59 Å². The van der Waals surface area contributed by atoms with Crippen molar-refractivity contribution in [2.24, 2.45) is 0 Å². The van der Waals surface area contributed by atoms with Crippen LogP contribution in [0.25, 0.3) is 5.65 Å². The van der Waals surface area contributed by atoms with Crippen LogP contribution < -0.4 is 5.32 Å². The van der Waals surface area contributed by atoms with Crippen LogP contribution in [0.5, 0.6) is 0 Å². The highest BCUT2D eigenvalue weighted by atomic mass is 32.1. The molecule has 0 aliphatic carbocycles. The first-order valence-corrected chi connectivity index (χ1v) is 11.3. The Morgan fingerprint density at radius 2 is 2.00 bits per heavy atom. The van der Waals surface area contributed by atoms with E-state index in [2.05, 4.69) is 10.3 Å². The number of imidazole rings is 1. The van der Waals surface area contributed by atoms with E-state index >= 15 is 0 Å². The van der Waals surface area contributed by atoms with Crippen molar-refractivity contribution in [1.82, 2.24) is 19.6 Å². The van der Waals surface area contributed by atoms with Gasteiger partial charge < -0.3 is 14.6 Å². The average molecular weight is 467 g/mol. The van der Waals surface area contributed by atoms with Crippen molar-refractivity contribution in [3.05, 3.63) is 93.6 Å². The molecule has 9 heteroatoms. The van der Waals surface area contributed by atoms with Gasteiger partial charge in [-0.25, -0.2) is 13.8 Å². The fourth-order valence-corrected chi connectivity index (χ4v) is 5.09. The smallest absolute Gasteiger partial charge is 0.261 e. The van der Waals surface area contributed by atoms with Crippen molar-refractivity contribution in [1.29, 1.82) is 0 Å². The van der Waals surface area contributed by atoms with Gasteiger partial charge in [0.2, 0.25) is 0 Å². The number of pyridine rings is 1. The third-order valence-corrected chi connectivity index (χ3v) is 7.05. The summed E-state index contributed by atoms with van der Waals surface area (Å²) < 4.78 is 29.0. The maximum atomic E-state index is 14.0. The third kappa shape index (κ3) is 4.36. The van der Waals surface area contributed by atoms with E-state index in [1.54, 1.807) is 17.2 Å². The minimum absolute atomic E-state index is 0.0758. The third-order valence-electron chi connectivity index (χ3n) is 5.81. The Labute approximate surface area is 192 Å². The van der Waals surface area contributed by atoms with E-state index in [-0.39, 0.29) is 17.4 Å². The Balaban J connectivity index is 1.20. The predicted octanol–water partition coefficient (Wildman–Crippen LogP) is 4.23. The Kier molecular flexibility index (Phi) is 5.63. The molecule has 1 unspecified atom stereocenters. The van der Waals surface area contributed by atoms with Gasteiger partial charge in [-0.05, 0) is 48.4 Å². The number of benzene rings is 1. The Morgan fingerprint density at radius 3 is 2.85 bits per heavy atom. The maximum absolute atomic E-state index is 14.0. The molecule has 0 bridgehead atoms. The van der Waals surface area contributed by atoms with Gasteiger partial charge in [-0.2, -0.15) is 0 Å². The first kappa shape index (κ1) is 21.3. The number of amides is 2. The summed E-state index contributed by atoms with van der Waals surface area (Å²) in [6, 6.07) is 10.5. The SMILES string of the molecule is O=C(NCc1ccn2ccnc2c1)c1ccc(C2CCN(C(=O)c3ccc(F)cc3F)C2)s1. The number of aromatic nitrogens is 2. The van der Waals surface area contributed by atoms with Gasteiger partial charge in [-0.1, -0.05) is 0 Å². The molecule has 5 rings (SSSR count). The van der Waals surface area contributed by atoms with Crippen LogP contribution in [0.1, 0.15) is 42.8 Å². The molecule has 6 nitrogen and oxygen atoms in total. The van der Waals surface area contributed by atoms with Crippen LogP contribution in [0.4, 0.5) is 8.78 Å². The number of likely N-dealkylation sites (tertiary alicyclic amines) is 1. The number of halogens is 2. The van der Waals surface area contributed by atoms with Crippen molar-refractivity contribution in [3.8, 4) is 0 Å². The van der Waals surface area contributed by atoms with Gasteiger partial charge in [0.25, 0.3) is 11.8 Å². The van der Waals surface area contributed by atoms with Crippen LogP contribution in [0, 0.1) is 11.6 Å². The van der Waals surface area contributed by atoms with Crippen LogP contribution in [0.2, 0.25) is 0 Å². The molecule has 1 fully saturated rings. The monoisotopic (exact) mass is 466 g/mol. The summed E-state index contributed by atoms with van der Waals surface area (Å²) in [6.45, 7) is 1.31. The molecule has 3 aromatic heterocycles. The zero-order valence-electron chi connectivity index (χ0n) is 17.5. The minimum atomic E-state index is -0.856. The van der Waals surface area contributed by atoms with E-state index < -0.39 is 17.5 Å². The van der Waals surface area contributed by atoms with Gasteiger partial charge in [0.05, 0.1) is 10.4 Å². The molecule has 1 aliphatic rings. The Hall–Kier alpha value is -3.59. The number of hydrogen-bond donors (Lipinski definition) is 1. The predicted molar refractivity (Wildman–Crippen MR) is 120 cm³/mol. The molecule has 1 atom stereocenters. The Bertz CT molecular complexity index is 1350. The Morgan fingerprint density at radius 1 is 1.12 bits per heavy atom. The van der Waals surface area contributed by atoms with Crippen LogP contribution in [-0.4, -0.2) is 39.2 Å². The van der Waals surface area contributed by atoms with E-state index in [9.17, 15) is 18.4 Å². The molecular weight excluding hydrogens is 446 g/mol. The second kappa shape index (κ2) is 8.74. The molecule has 1 aromatic carbocycles. The zero-order valence-corrected chi connectivity index (χ0v) is 18.3. The molecule has 1 saturated heterocycles. The van der Waals surface area contributed by atoms with Crippen LogP contribution in [-0.2, 0) is 6.54 Å². The van der Waals surface area contributed by atoms with Gasteiger partial charge in [0.1, 0.15) is 17.3 Å². The maximum Gasteiger partial charge on any atom is 0.261 e. The summed E-state index contributed by atoms with van der Waals surface area (Å²) in [7, 11) is 0. The van der Waals surface area contributed by atoms with E-state index in [0.29, 0.717) is 24.5 Å². The normalized spacial score (nSPS) is 15.8. The lowest BCUT2D eigenvalue weighted by molar-refractivity contribution is 0.0785. The second-order valence-corrected chi connectivity index (χ2v) is 9.09. The highest BCUT2D eigenvalue weighted by Gasteiger charge is 2.30. The summed E-state index contributed by atoms with van der Waals surface area (Å²) in [5.41, 5.74) is 1.65. The van der Waals surface area contributed by atoms with Gasteiger partial charge in [0, 0.05) is 55.1 Å². The number of fused-ring (bicyclic) bond motifs is 1. The molecule has 0 saturated carbocycles. The molecule has 1 aliphatic heterocycles. The largest absolute Gasteiger partial charge is 0.347 e. The lowest BCUT2D eigenvalue weighted by Crippen LogP contribution is -2.29.